The molecule has 2 rings (SSSR count). The molecule has 0 spiro atoms. The monoisotopic (exact) mass is 777 g/mol. The van der Waals surface area contributed by atoms with E-state index in [0.29, 0.717) is 15.1 Å². The van der Waals surface area contributed by atoms with Crippen LogP contribution in [0.4, 0.5) is 0 Å². The first-order valence-electron chi connectivity index (χ1n) is 6.51. The fraction of sp³-hybridized carbons (Fsp3) is 0.133. The second kappa shape index (κ2) is 8.85. The number of halogens is 4. The molecule has 2 aromatic carbocycles. The first kappa shape index (κ1) is 20.7. The van der Waals surface area contributed by atoms with Crippen LogP contribution in [0.15, 0.2) is 24.3 Å². The lowest BCUT2D eigenvalue weighted by Gasteiger charge is -2.15. The smallest absolute Gasteiger partial charge is 0.320 e. The van der Waals surface area contributed by atoms with Gasteiger partial charge >= 0.3 is 5.97 Å². The Kier molecular flexibility index (Phi) is 7.64. The van der Waals surface area contributed by atoms with Gasteiger partial charge in [0.25, 0.3) is 0 Å². The largest absolute Gasteiger partial charge is 0.506 e. The van der Waals surface area contributed by atoms with Gasteiger partial charge in [0.15, 0.2) is 5.75 Å². The molecular formula is C15H11I4NO4. The summed E-state index contributed by atoms with van der Waals surface area (Å²) in [4.78, 5) is 10.9. The molecule has 4 N–H and O–H groups in total. The van der Waals surface area contributed by atoms with E-state index in [4.69, 9.17) is 15.6 Å². The lowest BCUT2D eigenvalue weighted by molar-refractivity contribution is -0.138. The highest BCUT2D eigenvalue weighted by molar-refractivity contribution is 14.1. The minimum Gasteiger partial charge on any atom is -0.506 e. The van der Waals surface area contributed by atoms with E-state index in [1.165, 1.54) is 0 Å². The lowest BCUT2D eigenvalue weighted by atomic mass is 10.1. The Morgan fingerprint density at radius 1 is 1.12 bits per heavy atom. The van der Waals surface area contributed by atoms with Crippen molar-refractivity contribution >= 4 is 96.3 Å². The molecule has 9 heteroatoms. The van der Waals surface area contributed by atoms with E-state index < -0.39 is 12.0 Å². The molecule has 2 aromatic rings. The molecule has 0 heterocycles. The van der Waals surface area contributed by atoms with E-state index in [-0.39, 0.29) is 12.2 Å². The van der Waals surface area contributed by atoms with Gasteiger partial charge in [-0.25, -0.2) is 0 Å². The molecule has 0 aromatic heterocycles. The molecule has 0 aliphatic rings. The fourth-order valence-corrected chi connectivity index (χ4v) is 5.54. The topological polar surface area (TPSA) is 92.8 Å². The zero-order chi connectivity index (χ0) is 18.0. The normalized spacial score (nSPS) is 12.0. The molecule has 0 saturated carbocycles. The molecule has 0 saturated heterocycles. The number of phenolic OH excluding ortho intramolecular Hbond substituents is 1. The van der Waals surface area contributed by atoms with Crippen LogP contribution in [0.1, 0.15) is 5.56 Å². The molecule has 0 radical (unpaired) electrons. The quantitative estimate of drug-likeness (QED) is 0.388. The molecule has 24 heavy (non-hydrogen) atoms. The van der Waals surface area contributed by atoms with E-state index in [9.17, 15) is 9.90 Å². The van der Waals surface area contributed by atoms with E-state index >= 15 is 0 Å². The number of phenols is 1. The average Bonchev–Trinajstić information content (AvgIpc) is 2.50. The lowest BCUT2D eigenvalue weighted by Crippen LogP contribution is -2.32. The van der Waals surface area contributed by atoms with E-state index in [1.54, 1.807) is 6.07 Å². The van der Waals surface area contributed by atoms with Crippen LogP contribution in [-0.4, -0.2) is 22.2 Å². The van der Waals surface area contributed by atoms with E-state index in [0.717, 1.165) is 16.3 Å². The van der Waals surface area contributed by atoms with Crippen molar-refractivity contribution in [3.05, 3.63) is 44.1 Å². The van der Waals surface area contributed by atoms with Gasteiger partial charge in [-0.05, 0) is 127 Å². The zero-order valence-corrected chi connectivity index (χ0v) is 20.5. The number of carboxylic acids is 1. The molecule has 1 atom stereocenters. The van der Waals surface area contributed by atoms with Gasteiger partial charge in [0.05, 0.1) is 14.3 Å². The second-order valence-corrected chi connectivity index (χ2v) is 9.41. The van der Waals surface area contributed by atoms with Crippen molar-refractivity contribution in [1.82, 2.24) is 0 Å². The van der Waals surface area contributed by atoms with Crippen LogP contribution in [0, 0.1) is 14.3 Å². The van der Waals surface area contributed by atoms with Crippen molar-refractivity contribution in [3.63, 3.8) is 0 Å². The summed E-state index contributed by atoms with van der Waals surface area (Å²) in [7, 11) is 0. The molecule has 0 aliphatic heterocycles. The van der Waals surface area contributed by atoms with Crippen molar-refractivity contribution in [2.45, 2.75) is 12.5 Å². The number of hydrogen-bond acceptors (Lipinski definition) is 4. The van der Waals surface area contributed by atoms with Crippen molar-refractivity contribution in [3.8, 4) is 17.2 Å². The minimum atomic E-state index is -1.02. The maximum absolute atomic E-state index is 10.9. The molecule has 0 aliphatic carbocycles. The zero-order valence-electron chi connectivity index (χ0n) is 11.9. The molecule has 0 amide bonds. The van der Waals surface area contributed by atoms with Crippen molar-refractivity contribution in [2.75, 3.05) is 0 Å². The van der Waals surface area contributed by atoms with Gasteiger partial charge in [0, 0.05) is 0 Å². The van der Waals surface area contributed by atoms with E-state index in [1.807, 2.05) is 40.8 Å². The van der Waals surface area contributed by atoms with Gasteiger partial charge in [-0.15, -0.1) is 0 Å². The summed E-state index contributed by atoms with van der Waals surface area (Å²) in [5, 5.41) is 19.0. The predicted octanol–water partition coefficient (Wildman–Crippen LogP) is 4.56. The second-order valence-electron chi connectivity index (χ2n) is 4.85. The maximum Gasteiger partial charge on any atom is 0.320 e. The van der Waals surface area contributed by atoms with E-state index in [2.05, 4.69) is 67.8 Å². The number of hydrogen-bond donors (Lipinski definition) is 3. The molecule has 5 nitrogen and oxygen atoms in total. The summed E-state index contributed by atoms with van der Waals surface area (Å²) in [6.45, 7) is 0. The Bertz CT molecular complexity index is 774. The van der Waals surface area contributed by atoms with Gasteiger partial charge in [-0.1, -0.05) is 0 Å². The highest BCUT2D eigenvalue weighted by Crippen LogP contribution is 2.39. The summed E-state index contributed by atoms with van der Waals surface area (Å²) >= 11 is 8.39. The Morgan fingerprint density at radius 3 is 2.25 bits per heavy atom. The Morgan fingerprint density at radius 2 is 1.71 bits per heavy atom. The Hall–Kier alpha value is 0.390. The van der Waals surface area contributed by atoms with Crippen LogP contribution in [0.5, 0.6) is 17.2 Å². The van der Waals surface area contributed by atoms with Crippen LogP contribution in [0.3, 0.4) is 0 Å². The van der Waals surface area contributed by atoms with Crippen LogP contribution in [0.2, 0.25) is 0 Å². The summed E-state index contributed by atoms with van der Waals surface area (Å²) in [6, 6.07) is 6.38. The summed E-state index contributed by atoms with van der Waals surface area (Å²) in [6.07, 6.45) is 0.253. The Balaban J connectivity index is 2.32. The first-order valence-corrected chi connectivity index (χ1v) is 10.8. The van der Waals surface area contributed by atoms with Crippen LogP contribution in [-0.2, 0) is 11.2 Å². The van der Waals surface area contributed by atoms with Gasteiger partial charge < -0.3 is 20.7 Å². The number of aliphatic carboxylic acids is 1. The summed E-state index contributed by atoms with van der Waals surface area (Å²) in [5.74, 6) is 0.411. The Labute approximate surface area is 193 Å². The molecule has 0 unspecified atom stereocenters. The van der Waals surface area contributed by atoms with Gasteiger partial charge in [0.2, 0.25) is 0 Å². The highest BCUT2D eigenvalue weighted by atomic mass is 127. The highest BCUT2D eigenvalue weighted by Gasteiger charge is 2.17. The third-order valence-corrected chi connectivity index (χ3v) is 6.59. The number of ether oxygens (including phenoxy) is 1. The van der Waals surface area contributed by atoms with Crippen LogP contribution >= 0.6 is 90.4 Å². The van der Waals surface area contributed by atoms with Crippen molar-refractivity contribution < 1.29 is 19.7 Å². The predicted molar refractivity (Wildman–Crippen MR) is 125 cm³/mol. The van der Waals surface area contributed by atoms with Crippen LogP contribution < -0.4 is 10.5 Å². The third-order valence-electron chi connectivity index (χ3n) is 3.07. The first-order chi connectivity index (χ1) is 11.2. The number of carboxylic acid groups (broad SMARTS) is 1. The SMILES string of the molecule is N[C@H](Cc1cc(I)c(Oc2ccc(I)c(O)c2I)c(I)c1)C(=O)O. The standard InChI is InChI=1S/C15H11I4NO4/c16-7-1-2-11(12(19)13(7)21)24-14-8(17)3-6(4-9(14)18)5-10(20)15(22)23/h1-4,10,21H,5,20H2,(H,22,23)/t10-/m1/s1. The number of carbonyl (C=O) groups is 1. The summed E-state index contributed by atoms with van der Waals surface area (Å²) in [5.41, 5.74) is 6.43. The van der Waals surface area contributed by atoms with Gasteiger partial charge in [-0.3, -0.25) is 4.79 Å². The molecular weight excluding hydrogens is 766 g/mol. The molecule has 128 valence electrons. The fourth-order valence-electron chi connectivity index (χ4n) is 1.88. The number of nitrogens with two attached hydrogens (primary N) is 1. The van der Waals surface area contributed by atoms with Crippen molar-refractivity contribution in [1.29, 1.82) is 0 Å². The average molecular weight is 777 g/mol. The molecule has 0 fully saturated rings. The van der Waals surface area contributed by atoms with Gasteiger partial charge in [0.1, 0.15) is 17.5 Å². The minimum absolute atomic E-state index is 0.197. The number of aromatic hydroxyl groups is 1. The summed E-state index contributed by atoms with van der Waals surface area (Å²) < 4.78 is 9.07. The number of benzene rings is 2. The van der Waals surface area contributed by atoms with Gasteiger partial charge in [-0.2, -0.15) is 0 Å². The van der Waals surface area contributed by atoms with Crippen LogP contribution in [0.25, 0.3) is 0 Å². The third kappa shape index (κ3) is 4.97. The van der Waals surface area contributed by atoms with Crippen molar-refractivity contribution in [2.24, 2.45) is 5.73 Å². The number of rotatable bonds is 5. The maximum atomic E-state index is 10.9. The molecule has 0 bridgehead atoms.